The fraction of sp³-hybridized carbons (Fsp3) is 0.367. The molecule has 40 heavy (non-hydrogen) atoms. The largest absolute Gasteiger partial charge is 0.484 e. The van der Waals surface area contributed by atoms with Crippen molar-refractivity contribution in [1.82, 2.24) is 19.9 Å². The number of ether oxygens (including phenoxy) is 2. The van der Waals surface area contributed by atoms with Gasteiger partial charge < -0.3 is 25.0 Å². The molecule has 2 aromatic heterocycles. The number of benzene rings is 2. The first-order chi connectivity index (χ1) is 19.4. The van der Waals surface area contributed by atoms with Gasteiger partial charge in [0.05, 0.1) is 25.5 Å². The number of urea groups is 1. The lowest BCUT2D eigenvalue weighted by atomic mass is 9.85. The van der Waals surface area contributed by atoms with Crippen LogP contribution < -0.4 is 20.3 Å². The molecular weight excluding hydrogens is 511 g/mol. The smallest absolute Gasteiger partial charge is 0.319 e. The Labute approximate surface area is 232 Å². The van der Waals surface area contributed by atoms with Crippen LogP contribution in [0.15, 0.2) is 60.8 Å². The summed E-state index contributed by atoms with van der Waals surface area (Å²) in [5.74, 6) is 1.46. The predicted molar refractivity (Wildman–Crippen MR) is 150 cm³/mol. The van der Waals surface area contributed by atoms with Crippen LogP contribution in [0.3, 0.4) is 0 Å². The molecule has 4 aromatic rings. The molecule has 208 valence electrons. The van der Waals surface area contributed by atoms with Crippen LogP contribution in [0, 0.1) is 5.82 Å². The molecule has 2 aromatic carbocycles. The van der Waals surface area contributed by atoms with Crippen molar-refractivity contribution in [3.8, 4) is 5.75 Å². The lowest BCUT2D eigenvalue weighted by Gasteiger charge is -2.32. The van der Waals surface area contributed by atoms with Crippen molar-refractivity contribution in [2.24, 2.45) is 0 Å². The lowest BCUT2D eigenvalue weighted by Crippen LogP contribution is -2.37. The minimum atomic E-state index is -0.396. The second-order valence-electron chi connectivity index (χ2n) is 10.6. The van der Waals surface area contributed by atoms with Gasteiger partial charge in [0.2, 0.25) is 0 Å². The molecule has 2 atom stereocenters. The summed E-state index contributed by atoms with van der Waals surface area (Å²) in [6.07, 6.45) is 3.20. The summed E-state index contributed by atoms with van der Waals surface area (Å²) in [6.45, 7) is 6.73. The Kier molecular flexibility index (Phi) is 7.25. The molecule has 1 aliphatic heterocycles. The van der Waals surface area contributed by atoms with E-state index in [9.17, 15) is 9.18 Å². The van der Waals surface area contributed by atoms with Crippen molar-refractivity contribution in [1.29, 1.82) is 0 Å². The monoisotopic (exact) mass is 544 g/mol. The van der Waals surface area contributed by atoms with E-state index < -0.39 is 5.82 Å². The van der Waals surface area contributed by atoms with Gasteiger partial charge in [-0.25, -0.2) is 9.18 Å². The van der Waals surface area contributed by atoms with E-state index in [1.807, 2.05) is 47.0 Å². The number of pyridine rings is 1. The zero-order valence-electron chi connectivity index (χ0n) is 22.6. The first-order valence-corrected chi connectivity index (χ1v) is 13.8. The van der Waals surface area contributed by atoms with Gasteiger partial charge in [-0.3, -0.25) is 4.40 Å². The molecule has 1 aliphatic carbocycles. The SMILES string of the molecule is CC(C)c1nnc2ccc(O[C@H]3CC[C@H](NC(=O)Nc4cc(F)cc(N5CCOCC5)c4)c4ccccc43)cn12. The van der Waals surface area contributed by atoms with Gasteiger partial charge in [0, 0.05) is 30.4 Å². The maximum atomic E-state index is 14.4. The van der Waals surface area contributed by atoms with Crippen LogP contribution in [0.1, 0.15) is 61.7 Å². The molecule has 1 saturated heterocycles. The highest BCUT2D eigenvalue weighted by molar-refractivity contribution is 5.90. The molecule has 1 fully saturated rings. The van der Waals surface area contributed by atoms with Crippen molar-refractivity contribution in [3.05, 3.63) is 83.6 Å². The number of carbonyl (C=O) groups excluding carboxylic acids is 1. The van der Waals surface area contributed by atoms with Crippen molar-refractivity contribution >= 4 is 23.1 Å². The van der Waals surface area contributed by atoms with Gasteiger partial charge in [-0.05, 0) is 54.3 Å². The van der Waals surface area contributed by atoms with Crippen LogP contribution in [0.25, 0.3) is 5.65 Å². The van der Waals surface area contributed by atoms with E-state index in [0.29, 0.717) is 38.4 Å². The molecule has 0 bridgehead atoms. The minimum absolute atomic E-state index is 0.159. The lowest BCUT2D eigenvalue weighted by molar-refractivity contribution is 0.122. The van der Waals surface area contributed by atoms with Crippen LogP contribution >= 0.6 is 0 Å². The van der Waals surface area contributed by atoms with Crippen LogP contribution in [-0.2, 0) is 4.74 Å². The molecule has 10 heteroatoms. The van der Waals surface area contributed by atoms with Gasteiger partial charge in [-0.15, -0.1) is 10.2 Å². The van der Waals surface area contributed by atoms with E-state index >= 15 is 0 Å². The fourth-order valence-corrected chi connectivity index (χ4v) is 5.52. The summed E-state index contributed by atoms with van der Waals surface area (Å²) in [5.41, 5.74) is 3.97. The number of nitrogens with one attached hydrogen (secondary N) is 2. The van der Waals surface area contributed by atoms with E-state index in [4.69, 9.17) is 9.47 Å². The standard InChI is InChI=1S/C30H33FN6O3/c1-19(2)29-35-34-28-10-7-23(18-37(28)29)40-27-9-8-26(24-5-3-4-6-25(24)27)33-30(38)32-21-15-20(31)16-22(17-21)36-11-13-39-14-12-36/h3-7,10,15-19,26-27H,8-9,11-14H2,1-2H3,(H2,32,33,38)/t26-,27-/m0/s1. The summed E-state index contributed by atoms with van der Waals surface area (Å²) in [5, 5.41) is 14.5. The van der Waals surface area contributed by atoms with Crippen molar-refractivity contribution in [3.63, 3.8) is 0 Å². The van der Waals surface area contributed by atoms with E-state index in [-0.39, 0.29) is 24.1 Å². The molecular formula is C30H33FN6O3. The normalized spacial score (nSPS) is 18.9. The fourth-order valence-electron chi connectivity index (χ4n) is 5.52. The maximum absolute atomic E-state index is 14.4. The van der Waals surface area contributed by atoms with Gasteiger partial charge >= 0.3 is 6.03 Å². The number of amides is 2. The third-order valence-electron chi connectivity index (χ3n) is 7.45. The molecule has 2 N–H and O–H groups in total. The topological polar surface area (TPSA) is 93.0 Å². The van der Waals surface area contributed by atoms with Gasteiger partial charge in [0.15, 0.2) is 5.65 Å². The number of rotatable bonds is 6. The maximum Gasteiger partial charge on any atom is 0.319 e. The molecule has 2 amide bonds. The van der Waals surface area contributed by atoms with Crippen LogP contribution in [-0.4, -0.2) is 46.9 Å². The summed E-state index contributed by atoms with van der Waals surface area (Å²) >= 11 is 0. The molecule has 0 saturated carbocycles. The number of hydrogen-bond acceptors (Lipinski definition) is 6. The second kappa shape index (κ2) is 11.1. The molecule has 0 radical (unpaired) electrons. The third-order valence-corrected chi connectivity index (χ3v) is 7.45. The number of carbonyl (C=O) groups is 1. The summed E-state index contributed by atoms with van der Waals surface area (Å²) in [7, 11) is 0. The van der Waals surface area contributed by atoms with Gasteiger partial charge in [-0.2, -0.15) is 0 Å². The number of fused-ring (bicyclic) bond motifs is 2. The molecule has 6 rings (SSSR count). The third kappa shape index (κ3) is 5.44. The average Bonchev–Trinajstić information content (AvgIpc) is 3.38. The Morgan fingerprint density at radius 2 is 1.85 bits per heavy atom. The van der Waals surface area contributed by atoms with Gasteiger partial charge in [-0.1, -0.05) is 38.1 Å². The average molecular weight is 545 g/mol. The predicted octanol–water partition coefficient (Wildman–Crippen LogP) is 5.61. The number of anilines is 2. The summed E-state index contributed by atoms with van der Waals surface area (Å²) in [6, 6.07) is 15.9. The Morgan fingerprint density at radius 3 is 2.65 bits per heavy atom. The van der Waals surface area contributed by atoms with E-state index in [0.717, 1.165) is 40.5 Å². The number of morpholine rings is 1. The van der Waals surface area contributed by atoms with Crippen LogP contribution in [0.2, 0.25) is 0 Å². The van der Waals surface area contributed by atoms with Gasteiger partial charge in [0.1, 0.15) is 23.5 Å². The first-order valence-electron chi connectivity index (χ1n) is 13.8. The van der Waals surface area contributed by atoms with Crippen molar-refractivity contribution in [2.75, 3.05) is 36.5 Å². The number of halogens is 1. The van der Waals surface area contributed by atoms with Crippen LogP contribution in [0.5, 0.6) is 5.75 Å². The number of hydrogen-bond donors (Lipinski definition) is 2. The Balaban J connectivity index is 1.16. The van der Waals surface area contributed by atoms with Crippen LogP contribution in [0.4, 0.5) is 20.6 Å². The highest BCUT2D eigenvalue weighted by atomic mass is 19.1. The van der Waals surface area contributed by atoms with E-state index in [2.05, 4.69) is 39.6 Å². The van der Waals surface area contributed by atoms with E-state index in [1.165, 1.54) is 12.1 Å². The molecule has 2 aliphatic rings. The number of aromatic nitrogens is 3. The summed E-state index contributed by atoms with van der Waals surface area (Å²) < 4.78 is 28.2. The quantitative estimate of drug-likeness (QED) is 0.328. The zero-order chi connectivity index (χ0) is 27.6. The Hall–Kier alpha value is -4.18. The molecule has 0 unspecified atom stereocenters. The van der Waals surface area contributed by atoms with E-state index in [1.54, 1.807) is 6.07 Å². The molecule has 0 spiro atoms. The Bertz CT molecular complexity index is 1520. The molecule has 9 nitrogen and oxygen atoms in total. The summed E-state index contributed by atoms with van der Waals surface area (Å²) in [4.78, 5) is 15.1. The van der Waals surface area contributed by atoms with Gasteiger partial charge in [0.25, 0.3) is 0 Å². The zero-order valence-corrected chi connectivity index (χ0v) is 22.6. The second-order valence-corrected chi connectivity index (χ2v) is 10.6. The van der Waals surface area contributed by atoms with Crippen molar-refractivity contribution in [2.45, 2.75) is 44.8 Å². The highest BCUT2D eigenvalue weighted by Crippen LogP contribution is 2.39. The minimum Gasteiger partial charge on any atom is -0.484 e. The van der Waals surface area contributed by atoms with Crippen molar-refractivity contribution < 1.29 is 18.7 Å². The Morgan fingerprint density at radius 1 is 1.05 bits per heavy atom. The highest BCUT2D eigenvalue weighted by Gasteiger charge is 2.29. The first kappa shape index (κ1) is 26.1. The number of nitrogens with zero attached hydrogens (tertiary/aromatic N) is 4. The molecule has 3 heterocycles.